The van der Waals surface area contributed by atoms with Crippen LogP contribution < -0.4 is 14.4 Å². The number of Topliss-reactive ketones (excluding diaryl/α,β-unsaturated/α-hetero) is 1. The van der Waals surface area contributed by atoms with Crippen LogP contribution in [-0.4, -0.2) is 32.0 Å². The molecule has 5 heteroatoms. The smallest absolute Gasteiger partial charge is 0.299 e. The molecule has 1 aliphatic heterocycles. The van der Waals surface area contributed by atoms with Gasteiger partial charge in [-0.3, -0.25) is 9.59 Å². The molecule has 0 N–H and O–H groups in total. The summed E-state index contributed by atoms with van der Waals surface area (Å²) in [4.78, 5) is 26.4. The number of carbonyl (C=O) groups is 2. The van der Waals surface area contributed by atoms with E-state index < -0.39 is 11.7 Å². The molecule has 0 radical (unpaired) electrons. The molecule has 1 aliphatic rings. The molecule has 0 aliphatic carbocycles. The Hall–Kier alpha value is -3.60. The van der Waals surface area contributed by atoms with Gasteiger partial charge in [-0.15, -0.1) is 0 Å². The number of ether oxygens (including phenoxy) is 2. The van der Waals surface area contributed by atoms with E-state index in [9.17, 15) is 9.59 Å². The lowest BCUT2D eigenvalue weighted by Crippen LogP contribution is -2.33. The Morgan fingerprint density at radius 2 is 1.54 bits per heavy atom. The Morgan fingerprint density at radius 1 is 0.821 bits per heavy atom. The van der Waals surface area contributed by atoms with Crippen LogP contribution >= 0.6 is 0 Å². The molecule has 4 rings (SSSR count). The predicted molar refractivity (Wildman–Crippen MR) is 107 cm³/mol. The number of benzene rings is 3. The highest BCUT2D eigenvalue weighted by atomic mass is 16.5. The van der Waals surface area contributed by atoms with Crippen LogP contribution in [0.5, 0.6) is 11.5 Å². The number of hydrogen-bond donors (Lipinski definition) is 0. The Bertz CT molecular complexity index is 1010. The summed E-state index contributed by atoms with van der Waals surface area (Å²) in [5.41, 5.74) is 2.89. The van der Waals surface area contributed by atoms with E-state index in [1.807, 2.05) is 66.7 Å². The average Bonchev–Trinajstić information content (AvgIpc) is 2.99. The predicted octanol–water partition coefficient (Wildman–Crippen LogP) is 3.97. The molecule has 0 unspecified atom stereocenters. The maximum absolute atomic E-state index is 12.5. The molecule has 3 aromatic carbocycles. The third kappa shape index (κ3) is 3.34. The van der Waals surface area contributed by atoms with Crippen molar-refractivity contribution in [3.63, 3.8) is 0 Å². The lowest BCUT2D eigenvalue weighted by atomic mass is 10.0. The summed E-state index contributed by atoms with van der Waals surface area (Å²) in [7, 11) is 1.62. The summed E-state index contributed by atoms with van der Waals surface area (Å²) in [5.74, 6) is 0.500. The first kappa shape index (κ1) is 17.8. The Morgan fingerprint density at radius 3 is 2.25 bits per heavy atom. The van der Waals surface area contributed by atoms with Gasteiger partial charge in [-0.05, 0) is 47.5 Å². The van der Waals surface area contributed by atoms with Gasteiger partial charge in [0.1, 0.15) is 18.1 Å². The van der Waals surface area contributed by atoms with Gasteiger partial charge >= 0.3 is 0 Å². The molecular weight excluding hydrogens is 354 g/mol. The van der Waals surface area contributed by atoms with Crippen molar-refractivity contribution >= 4 is 17.4 Å². The number of hydrogen-bond acceptors (Lipinski definition) is 4. The molecule has 28 heavy (non-hydrogen) atoms. The summed E-state index contributed by atoms with van der Waals surface area (Å²) in [5, 5.41) is 0. The van der Waals surface area contributed by atoms with Crippen LogP contribution in [-0.2, 0) is 4.79 Å². The summed E-state index contributed by atoms with van der Waals surface area (Å²) >= 11 is 0. The van der Waals surface area contributed by atoms with Crippen molar-refractivity contribution < 1.29 is 19.1 Å². The monoisotopic (exact) mass is 373 g/mol. The first-order chi connectivity index (χ1) is 13.7. The maximum Gasteiger partial charge on any atom is 0.299 e. The normalized spacial score (nSPS) is 12.8. The van der Waals surface area contributed by atoms with Gasteiger partial charge in [0.2, 0.25) is 0 Å². The minimum absolute atomic E-state index is 0.308. The van der Waals surface area contributed by atoms with Crippen LogP contribution in [0, 0.1) is 0 Å². The van der Waals surface area contributed by atoms with Crippen LogP contribution in [0.3, 0.4) is 0 Å². The van der Waals surface area contributed by atoms with E-state index in [1.54, 1.807) is 13.2 Å². The van der Waals surface area contributed by atoms with Crippen LogP contribution in [0.1, 0.15) is 10.4 Å². The summed E-state index contributed by atoms with van der Waals surface area (Å²) in [6.07, 6.45) is 0. The third-order valence-electron chi connectivity index (χ3n) is 4.72. The number of fused-ring (bicyclic) bond motifs is 1. The molecule has 5 nitrogen and oxygen atoms in total. The molecular formula is C23H19NO4. The number of anilines is 1. The van der Waals surface area contributed by atoms with Crippen molar-refractivity contribution in [2.24, 2.45) is 0 Å². The molecule has 0 fully saturated rings. The van der Waals surface area contributed by atoms with Crippen molar-refractivity contribution in [3.8, 4) is 22.6 Å². The van der Waals surface area contributed by atoms with E-state index in [1.165, 1.54) is 4.90 Å². The average molecular weight is 373 g/mol. The number of rotatable bonds is 6. The first-order valence-corrected chi connectivity index (χ1v) is 9.00. The van der Waals surface area contributed by atoms with Crippen LogP contribution in [0.2, 0.25) is 0 Å². The second-order valence-electron chi connectivity index (χ2n) is 6.41. The van der Waals surface area contributed by atoms with Gasteiger partial charge in [0, 0.05) is 0 Å². The summed E-state index contributed by atoms with van der Waals surface area (Å²) in [6, 6.07) is 22.5. The fourth-order valence-corrected chi connectivity index (χ4v) is 3.26. The zero-order valence-electron chi connectivity index (χ0n) is 15.4. The van der Waals surface area contributed by atoms with E-state index in [4.69, 9.17) is 9.47 Å². The minimum atomic E-state index is -0.515. The number of methoxy groups -OCH3 is 1. The zero-order valence-corrected chi connectivity index (χ0v) is 15.4. The van der Waals surface area contributed by atoms with E-state index in [0.29, 0.717) is 24.4 Å². The standard InChI is InChI=1S/C23H19NO4/c1-27-18-10-7-16(8-11-18)17-9-12-21-20(15-17)22(25)23(26)24(21)13-14-28-19-5-3-2-4-6-19/h2-12,15H,13-14H2,1H3. The minimum Gasteiger partial charge on any atom is -0.497 e. The highest BCUT2D eigenvalue weighted by molar-refractivity contribution is 6.52. The number of carbonyl (C=O) groups excluding carboxylic acids is 2. The first-order valence-electron chi connectivity index (χ1n) is 9.00. The van der Waals surface area contributed by atoms with Crippen molar-refractivity contribution in [2.75, 3.05) is 25.2 Å². The van der Waals surface area contributed by atoms with Crippen LogP contribution in [0.25, 0.3) is 11.1 Å². The van der Waals surface area contributed by atoms with Gasteiger partial charge in [0.25, 0.3) is 11.7 Å². The quantitative estimate of drug-likeness (QED) is 0.614. The molecule has 1 heterocycles. The van der Waals surface area contributed by atoms with Gasteiger partial charge in [0.05, 0.1) is 24.9 Å². The van der Waals surface area contributed by atoms with E-state index in [-0.39, 0.29) is 0 Å². The Labute approximate surface area is 163 Å². The fourth-order valence-electron chi connectivity index (χ4n) is 3.26. The van der Waals surface area contributed by atoms with Crippen LogP contribution in [0.4, 0.5) is 5.69 Å². The van der Waals surface area contributed by atoms with E-state index in [2.05, 4.69) is 0 Å². The summed E-state index contributed by atoms with van der Waals surface area (Å²) in [6.45, 7) is 0.622. The van der Waals surface area contributed by atoms with Gasteiger partial charge in [-0.1, -0.05) is 36.4 Å². The largest absolute Gasteiger partial charge is 0.497 e. The SMILES string of the molecule is COc1ccc(-c2ccc3c(c2)C(=O)C(=O)N3CCOc2ccccc2)cc1. The van der Waals surface area contributed by atoms with Gasteiger partial charge < -0.3 is 14.4 Å². The van der Waals surface area contributed by atoms with Gasteiger partial charge in [-0.2, -0.15) is 0 Å². The second kappa shape index (κ2) is 7.56. The Kier molecular flexibility index (Phi) is 4.81. The number of amides is 1. The molecule has 0 saturated carbocycles. The fraction of sp³-hybridized carbons (Fsp3) is 0.130. The number of para-hydroxylation sites is 1. The lowest BCUT2D eigenvalue weighted by molar-refractivity contribution is -0.114. The van der Waals surface area contributed by atoms with Gasteiger partial charge in [-0.25, -0.2) is 0 Å². The van der Waals surface area contributed by atoms with Crippen molar-refractivity contribution in [2.45, 2.75) is 0 Å². The topological polar surface area (TPSA) is 55.8 Å². The second-order valence-corrected chi connectivity index (χ2v) is 6.41. The summed E-state index contributed by atoms with van der Waals surface area (Å²) < 4.78 is 10.8. The molecule has 0 aromatic heterocycles. The van der Waals surface area contributed by atoms with E-state index in [0.717, 1.165) is 22.6 Å². The molecule has 0 bridgehead atoms. The number of ketones is 1. The molecule has 0 spiro atoms. The number of nitrogens with zero attached hydrogens (tertiary/aromatic N) is 1. The molecule has 140 valence electrons. The molecule has 0 atom stereocenters. The molecule has 1 amide bonds. The van der Waals surface area contributed by atoms with Crippen molar-refractivity contribution in [3.05, 3.63) is 78.4 Å². The van der Waals surface area contributed by atoms with E-state index >= 15 is 0 Å². The maximum atomic E-state index is 12.5. The van der Waals surface area contributed by atoms with Gasteiger partial charge in [0.15, 0.2) is 0 Å². The molecule has 0 saturated heterocycles. The zero-order chi connectivity index (χ0) is 19.5. The molecule has 3 aromatic rings. The lowest BCUT2D eigenvalue weighted by Gasteiger charge is -2.17. The van der Waals surface area contributed by atoms with Crippen molar-refractivity contribution in [1.82, 2.24) is 0 Å². The van der Waals surface area contributed by atoms with Crippen molar-refractivity contribution in [1.29, 1.82) is 0 Å². The Balaban J connectivity index is 1.53. The third-order valence-corrected chi connectivity index (χ3v) is 4.72. The van der Waals surface area contributed by atoms with Crippen LogP contribution in [0.15, 0.2) is 72.8 Å². The highest BCUT2D eigenvalue weighted by Crippen LogP contribution is 2.33. The highest BCUT2D eigenvalue weighted by Gasteiger charge is 2.35.